The zero-order valence-corrected chi connectivity index (χ0v) is 16.4. The van der Waals surface area contributed by atoms with Crippen molar-refractivity contribution in [3.8, 4) is 11.4 Å². The van der Waals surface area contributed by atoms with Crippen molar-refractivity contribution >= 4 is 27.9 Å². The number of carboxylic acid groups (broad SMARTS) is 1. The minimum Gasteiger partial charge on any atom is -0.478 e. The highest BCUT2D eigenvalue weighted by Gasteiger charge is 2.23. The number of imidazole rings is 1. The maximum absolute atomic E-state index is 11.4. The second kappa shape index (κ2) is 6.99. The Hall–Kier alpha value is -3.21. The molecule has 146 valence electrons. The Morgan fingerprint density at radius 3 is 2.59 bits per heavy atom. The van der Waals surface area contributed by atoms with Gasteiger partial charge in [-0.15, -0.1) is 0 Å². The quantitative estimate of drug-likeness (QED) is 0.486. The van der Waals surface area contributed by atoms with Gasteiger partial charge in [-0.25, -0.2) is 9.78 Å². The minimum absolute atomic E-state index is 0.274. The Morgan fingerprint density at radius 1 is 0.966 bits per heavy atom. The van der Waals surface area contributed by atoms with Gasteiger partial charge in [0.25, 0.3) is 0 Å². The highest BCUT2D eigenvalue weighted by Crippen LogP contribution is 2.36. The third-order valence-electron chi connectivity index (χ3n) is 5.96. The Labute approximate surface area is 169 Å². The average molecular weight is 385 g/mol. The summed E-state index contributed by atoms with van der Waals surface area (Å²) in [5.74, 6) is -0.00951. The summed E-state index contributed by atoms with van der Waals surface area (Å²) in [6.45, 7) is 2.00. The van der Waals surface area contributed by atoms with Crippen LogP contribution in [-0.2, 0) is 0 Å². The van der Waals surface area contributed by atoms with Crippen LogP contribution in [0, 0.1) is 6.92 Å². The number of aromatic nitrogens is 3. The van der Waals surface area contributed by atoms with Crippen molar-refractivity contribution in [2.24, 2.45) is 0 Å². The maximum Gasteiger partial charge on any atom is 0.335 e. The number of rotatable bonds is 3. The van der Waals surface area contributed by atoms with E-state index in [9.17, 15) is 9.90 Å². The smallest absolute Gasteiger partial charge is 0.335 e. The van der Waals surface area contributed by atoms with E-state index in [0.29, 0.717) is 6.04 Å². The summed E-state index contributed by atoms with van der Waals surface area (Å²) in [7, 11) is 0. The highest BCUT2D eigenvalue weighted by atomic mass is 16.4. The number of pyridine rings is 1. The van der Waals surface area contributed by atoms with Crippen LogP contribution < -0.4 is 0 Å². The molecule has 0 unspecified atom stereocenters. The lowest BCUT2D eigenvalue weighted by atomic mass is 9.94. The van der Waals surface area contributed by atoms with Crippen molar-refractivity contribution < 1.29 is 9.90 Å². The Kier molecular flexibility index (Phi) is 4.31. The molecule has 0 saturated heterocycles. The van der Waals surface area contributed by atoms with Gasteiger partial charge in [0.2, 0.25) is 0 Å². The lowest BCUT2D eigenvalue weighted by molar-refractivity contribution is 0.0697. The second-order valence-electron chi connectivity index (χ2n) is 7.97. The van der Waals surface area contributed by atoms with Crippen LogP contribution >= 0.6 is 0 Å². The second-order valence-corrected chi connectivity index (χ2v) is 7.97. The molecule has 4 aromatic rings. The van der Waals surface area contributed by atoms with Crippen molar-refractivity contribution in [1.29, 1.82) is 0 Å². The van der Waals surface area contributed by atoms with Crippen molar-refractivity contribution in [1.82, 2.24) is 14.5 Å². The normalized spacial score (nSPS) is 15.2. The van der Waals surface area contributed by atoms with E-state index in [2.05, 4.69) is 27.8 Å². The topological polar surface area (TPSA) is 68.0 Å². The molecule has 1 aliphatic carbocycles. The summed E-state index contributed by atoms with van der Waals surface area (Å²) in [4.78, 5) is 20.9. The molecule has 0 bridgehead atoms. The molecule has 5 heteroatoms. The Balaban J connectivity index is 1.72. The number of hydrogen-bond donors (Lipinski definition) is 1. The molecular weight excluding hydrogens is 362 g/mol. The van der Waals surface area contributed by atoms with Crippen LogP contribution in [-0.4, -0.2) is 25.6 Å². The lowest BCUT2D eigenvalue weighted by Gasteiger charge is -2.25. The molecule has 0 atom stereocenters. The third kappa shape index (κ3) is 3.16. The van der Waals surface area contributed by atoms with E-state index >= 15 is 0 Å². The van der Waals surface area contributed by atoms with Crippen molar-refractivity contribution in [2.75, 3.05) is 0 Å². The van der Waals surface area contributed by atoms with Gasteiger partial charge >= 0.3 is 5.97 Å². The number of aromatic carboxylic acids is 1. The van der Waals surface area contributed by atoms with Crippen molar-refractivity contribution in [2.45, 2.75) is 45.1 Å². The monoisotopic (exact) mass is 385 g/mol. The summed E-state index contributed by atoms with van der Waals surface area (Å²) in [5, 5.41) is 10.5. The fourth-order valence-corrected chi connectivity index (χ4v) is 4.51. The minimum atomic E-state index is -0.923. The van der Waals surface area contributed by atoms with Gasteiger partial charge < -0.3 is 9.67 Å². The first kappa shape index (κ1) is 17.9. The van der Waals surface area contributed by atoms with E-state index in [0.717, 1.165) is 51.9 Å². The van der Waals surface area contributed by atoms with Crippen molar-refractivity contribution in [3.63, 3.8) is 0 Å². The first-order valence-electron chi connectivity index (χ1n) is 10.2. The van der Waals surface area contributed by atoms with Gasteiger partial charge in [-0.1, -0.05) is 25.3 Å². The molecule has 5 rings (SSSR count). The maximum atomic E-state index is 11.4. The molecule has 2 heterocycles. The van der Waals surface area contributed by atoms with Gasteiger partial charge in [-0.2, -0.15) is 0 Å². The summed E-state index contributed by atoms with van der Waals surface area (Å²) in [6, 6.07) is 16.1. The number of fused-ring (bicyclic) bond motifs is 2. The Morgan fingerprint density at radius 2 is 1.79 bits per heavy atom. The van der Waals surface area contributed by atoms with E-state index < -0.39 is 5.97 Å². The predicted molar refractivity (Wildman–Crippen MR) is 114 cm³/mol. The number of carboxylic acids is 1. The average Bonchev–Trinajstić information content (AvgIpc) is 3.12. The van der Waals surface area contributed by atoms with Gasteiger partial charge in [0, 0.05) is 22.7 Å². The van der Waals surface area contributed by atoms with Gasteiger partial charge in [0.15, 0.2) is 0 Å². The molecule has 2 aromatic heterocycles. The number of hydrogen-bond acceptors (Lipinski definition) is 3. The van der Waals surface area contributed by atoms with Gasteiger partial charge in [0.1, 0.15) is 5.82 Å². The molecule has 1 N–H and O–H groups in total. The summed E-state index contributed by atoms with van der Waals surface area (Å²) >= 11 is 0. The van der Waals surface area contributed by atoms with E-state index in [1.165, 1.54) is 19.3 Å². The first-order valence-corrected chi connectivity index (χ1v) is 10.2. The number of benzene rings is 2. The van der Waals surface area contributed by atoms with Crippen LogP contribution in [0.5, 0.6) is 0 Å². The van der Waals surface area contributed by atoms with E-state index in [1.54, 1.807) is 12.1 Å². The van der Waals surface area contributed by atoms with Gasteiger partial charge in [-0.05, 0) is 62.2 Å². The molecule has 1 aliphatic rings. The number of aryl methyl sites for hydroxylation is 1. The van der Waals surface area contributed by atoms with Crippen LogP contribution in [0.2, 0.25) is 0 Å². The molecule has 29 heavy (non-hydrogen) atoms. The zero-order chi connectivity index (χ0) is 20.0. The van der Waals surface area contributed by atoms with Crippen LogP contribution in [0.3, 0.4) is 0 Å². The fraction of sp³-hybridized carbons (Fsp3) is 0.292. The van der Waals surface area contributed by atoms with Crippen LogP contribution in [0.15, 0.2) is 48.5 Å². The van der Waals surface area contributed by atoms with E-state index in [1.807, 2.05) is 25.1 Å². The molecule has 0 radical (unpaired) electrons. The highest BCUT2D eigenvalue weighted by molar-refractivity contribution is 5.94. The molecule has 1 fully saturated rings. The van der Waals surface area contributed by atoms with Gasteiger partial charge in [0.05, 0.1) is 22.1 Å². The molecule has 2 aromatic carbocycles. The molecule has 5 nitrogen and oxygen atoms in total. The third-order valence-corrected chi connectivity index (χ3v) is 5.96. The summed E-state index contributed by atoms with van der Waals surface area (Å²) in [6.07, 6.45) is 5.99. The van der Waals surface area contributed by atoms with Crippen molar-refractivity contribution in [3.05, 3.63) is 59.8 Å². The standard InChI is InChI=1S/C24H23N3O2/c1-15-7-8-16-13-17(9-11-20(16)25-15)23-26-21-14-18(24(28)29)10-12-22(21)27(23)19-5-3-2-4-6-19/h7-14,19H,2-6H2,1H3,(H,28,29). The fourth-order valence-electron chi connectivity index (χ4n) is 4.51. The summed E-state index contributed by atoms with van der Waals surface area (Å²) in [5.41, 5.74) is 5.05. The van der Waals surface area contributed by atoms with Crippen LogP contribution in [0.1, 0.15) is 54.2 Å². The number of nitrogens with zero attached hydrogens (tertiary/aromatic N) is 3. The van der Waals surface area contributed by atoms with Crippen LogP contribution in [0.4, 0.5) is 0 Å². The summed E-state index contributed by atoms with van der Waals surface area (Å²) < 4.78 is 2.34. The lowest BCUT2D eigenvalue weighted by Crippen LogP contribution is -2.14. The predicted octanol–water partition coefficient (Wildman–Crippen LogP) is 5.76. The largest absolute Gasteiger partial charge is 0.478 e. The molecule has 1 saturated carbocycles. The van der Waals surface area contributed by atoms with Crippen LogP contribution in [0.25, 0.3) is 33.3 Å². The SMILES string of the molecule is Cc1ccc2cc(-c3nc4cc(C(=O)O)ccc4n3C3CCCCC3)ccc2n1. The van der Waals surface area contributed by atoms with E-state index in [4.69, 9.17) is 4.98 Å². The molecule has 0 spiro atoms. The molecular formula is C24H23N3O2. The number of carbonyl (C=O) groups is 1. The first-order chi connectivity index (χ1) is 14.1. The molecule has 0 amide bonds. The zero-order valence-electron chi connectivity index (χ0n) is 16.4. The van der Waals surface area contributed by atoms with E-state index in [-0.39, 0.29) is 5.56 Å². The molecule has 0 aliphatic heterocycles. The van der Waals surface area contributed by atoms with Gasteiger partial charge in [-0.3, -0.25) is 4.98 Å². The Bertz CT molecular complexity index is 1240.